The highest BCUT2D eigenvalue weighted by Gasteiger charge is 2.30. The molecule has 0 aliphatic carbocycles. The Bertz CT molecular complexity index is 1250. The van der Waals surface area contributed by atoms with Crippen LogP contribution in [0.1, 0.15) is 21.6 Å². The molecule has 1 amide bonds. The zero-order chi connectivity index (χ0) is 24.4. The zero-order valence-electron chi connectivity index (χ0n) is 16.5. The van der Waals surface area contributed by atoms with E-state index in [9.17, 15) is 35.2 Å². The van der Waals surface area contributed by atoms with Gasteiger partial charge in [0.05, 0.1) is 11.8 Å². The number of halogens is 5. The van der Waals surface area contributed by atoms with Crippen molar-refractivity contribution in [2.24, 2.45) is 0 Å². The third kappa shape index (κ3) is 6.61. The van der Waals surface area contributed by atoms with Gasteiger partial charge in [-0.15, -0.1) is 0 Å². The number of sulfonamides is 1. The third-order valence-corrected chi connectivity index (χ3v) is 5.24. The van der Waals surface area contributed by atoms with Crippen molar-refractivity contribution in [1.82, 2.24) is 10.3 Å². The summed E-state index contributed by atoms with van der Waals surface area (Å²) in [7, 11) is -3.89. The second-order valence-electron chi connectivity index (χ2n) is 6.61. The van der Waals surface area contributed by atoms with Crippen molar-refractivity contribution in [1.29, 1.82) is 0 Å². The molecule has 33 heavy (non-hydrogen) atoms. The number of anilines is 1. The molecule has 0 saturated heterocycles. The Balaban J connectivity index is 1.62. The molecule has 0 spiro atoms. The van der Waals surface area contributed by atoms with Gasteiger partial charge in [0, 0.05) is 11.9 Å². The number of ether oxygens (including phenoxy) is 1. The number of alkyl halides is 3. The van der Waals surface area contributed by atoms with E-state index in [1.54, 1.807) is 4.72 Å². The van der Waals surface area contributed by atoms with Crippen molar-refractivity contribution in [3.05, 3.63) is 70.2 Å². The smallest absolute Gasteiger partial charge is 0.416 e. The van der Waals surface area contributed by atoms with Crippen molar-refractivity contribution in [2.75, 3.05) is 11.0 Å². The van der Waals surface area contributed by atoms with Gasteiger partial charge >= 0.3 is 6.18 Å². The second kappa shape index (κ2) is 9.31. The molecular weight excluding hydrogens is 493 g/mol. The fourth-order valence-corrected chi connectivity index (χ4v) is 3.74. The van der Waals surface area contributed by atoms with Crippen molar-refractivity contribution >= 4 is 33.0 Å². The number of nitrogens with zero attached hydrogens (tertiary/aromatic N) is 1. The summed E-state index contributed by atoms with van der Waals surface area (Å²) < 4.78 is 95.2. The highest BCUT2D eigenvalue weighted by Crippen LogP contribution is 2.32. The number of amides is 1. The first kappa shape index (κ1) is 24.4. The van der Waals surface area contributed by atoms with Gasteiger partial charge in [0.2, 0.25) is 10.0 Å². The van der Waals surface area contributed by atoms with E-state index in [1.807, 2.05) is 0 Å². The molecule has 0 radical (unpaired) electrons. The van der Waals surface area contributed by atoms with E-state index in [1.165, 1.54) is 5.38 Å². The molecule has 0 aliphatic heterocycles. The lowest BCUT2D eigenvalue weighted by Gasteiger charge is -2.10. The first-order valence-corrected chi connectivity index (χ1v) is 11.6. The number of thiazole rings is 1. The number of hydrogen-bond donors (Lipinski definition) is 2. The van der Waals surface area contributed by atoms with Gasteiger partial charge in [0.25, 0.3) is 11.1 Å². The fourth-order valence-electron chi connectivity index (χ4n) is 2.50. The Kier molecular flexibility index (Phi) is 6.88. The Morgan fingerprint density at radius 3 is 2.27 bits per heavy atom. The minimum Gasteiger partial charge on any atom is -0.431 e. The molecule has 1 heterocycles. The van der Waals surface area contributed by atoms with Crippen LogP contribution in [0.3, 0.4) is 0 Å². The summed E-state index contributed by atoms with van der Waals surface area (Å²) in [5, 5.41) is 3.71. The van der Waals surface area contributed by atoms with Gasteiger partial charge in [0.15, 0.2) is 11.6 Å². The molecule has 0 fully saturated rings. The minimum absolute atomic E-state index is 0.00630. The highest BCUT2D eigenvalue weighted by molar-refractivity contribution is 7.92. The number of carbonyl (C=O) groups is 1. The maximum Gasteiger partial charge on any atom is 0.416 e. The summed E-state index contributed by atoms with van der Waals surface area (Å²) >= 11 is 0.915. The molecule has 14 heteroatoms. The van der Waals surface area contributed by atoms with Gasteiger partial charge in [-0.2, -0.15) is 18.2 Å². The summed E-state index contributed by atoms with van der Waals surface area (Å²) in [6.07, 6.45) is -3.75. The van der Waals surface area contributed by atoms with E-state index in [-0.39, 0.29) is 28.7 Å². The largest absolute Gasteiger partial charge is 0.431 e. The van der Waals surface area contributed by atoms with E-state index >= 15 is 0 Å². The van der Waals surface area contributed by atoms with Crippen LogP contribution in [-0.2, 0) is 22.7 Å². The third-order valence-electron chi connectivity index (χ3n) is 3.94. The Morgan fingerprint density at radius 2 is 1.73 bits per heavy atom. The maximum atomic E-state index is 14.0. The Hall–Kier alpha value is -3.26. The summed E-state index contributed by atoms with van der Waals surface area (Å²) in [5.74, 6) is -2.94. The predicted molar refractivity (Wildman–Crippen MR) is 110 cm³/mol. The first-order chi connectivity index (χ1) is 15.3. The summed E-state index contributed by atoms with van der Waals surface area (Å²) in [6, 6.07) is 5.61. The molecule has 2 aromatic carbocycles. The monoisotopic (exact) mass is 507 g/mol. The van der Waals surface area contributed by atoms with Crippen LogP contribution in [-0.4, -0.2) is 25.6 Å². The molecule has 0 unspecified atom stereocenters. The first-order valence-electron chi connectivity index (χ1n) is 8.86. The quantitative estimate of drug-likeness (QED) is 0.458. The lowest BCUT2D eigenvalue weighted by Crippen LogP contribution is -2.23. The van der Waals surface area contributed by atoms with Gasteiger partial charge in [-0.25, -0.2) is 17.2 Å². The molecular formula is C19H14F5N3O4S2. The van der Waals surface area contributed by atoms with Gasteiger partial charge in [-0.3, -0.25) is 9.52 Å². The molecule has 3 rings (SSSR count). The van der Waals surface area contributed by atoms with Gasteiger partial charge in [-0.1, -0.05) is 11.3 Å². The SMILES string of the molecule is CS(=O)(=O)Nc1c(F)cc(CNC(=O)c2csc(Oc3ccc(C(F)(F)F)cc3)n2)cc1F. The lowest BCUT2D eigenvalue weighted by molar-refractivity contribution is -0.137. The molecule has 176 valence electrons. The van der Waals surface area contributed by atoms with E-state index < -0.39 is 45.0 Å². The maximum absolute atomic E-state index is 14.0. The van der Waals surface area contributed by atoms with Crippen LogP contribution in [0, 0.1) is 11.6 Å². The van der Waals surface area contributed by atoms with Crippen molar-refractivity contribution in [2.45, 2.75) is 12.7 Å². The molecule has 7 nitrogen and oxygen atoms in total. The zero-order valence-corrected chi connectivity index (χ0v) is 18.2. The number of hydrogen-bond acceptors (Lipinski definition) is 6. The van der Waals surface area contributed by atoms with Crippen LogP contribution >= 0.6 is 11.3 Å². The Morgan fingerprint density at radius 1 is 1.12 bits per heavy atom. The summed E-state index contributed by atoms with van der Waals surface area (Å²) in [5.41, 5.74) is -1.74. The van der Waals surface area contributed by atoms with Crippen LogP contribution in [0.15, 0.2) is 41.8 Å². The number of carbonyl (C=O) groups excluding carboxylic acids is 1. The highest BCUT2D eigenvalue weighted by atomic mass is 32.2. The van der Waals surface area contributed by atoms with E-state index in [2.05, 4.69) is 10.3 Å². The second-order valence-corrected chi connectivity index (χ2v) is 9.18. The van der Waals surface area contributed by atoms with E-state index in [4.69, 9.17) is 4.74 Å². The number of nitrogens with one attached hydrogen (secondary N) is 2. The molecule has 0 aliphatic rings. The summed E-state index contributed by atoms with van der Waals surface area (Å²) in [6.45, 7) is -0.293. The minimum atomic E-state index is -4.48. The average Bonchev–Trinajstić information content (AvgIpc) is 3.16. The van der Waals surface area contributed by atoms with E-state index in [0.717, 1.165) is 54.0 Å². The number of benzene rings is 2. The number of aromatic nitrogens is 1. The summed E-state index contributed by atoms with van der Waals surface area (Å²) in [4.78, 5) is 16.2. The molecule has 1 aromatic heterocycles. The van der Waals surface area contributed by atoms with Crippen molar-refractivity contribution < 1.29 is 39.9 Å². The molecule has 0 saturated carbocycles. The van der Waals surface area contributed by atoms with Crippen LogP contribution in [0.25, 0.3) is 0 Å². The average molecular weight is 507 g/mol. The molecule has 0 bridgehead atoms. The molecule has 0 atom stereocenters. The topological polar surface area (TPSA) is 97.4 Å². The van der Waals surface area contributed by atoms with Gasteiger partial charge in [-0.05, 0) is 42.0 Å². The fraction of sp³-hybridized carbons (Fsp3) is 0.158. The lowest BCUT2D eigenvalue weighted by atomic mass is 10.2. The van der Waals surface area contributed by atoms with Crippen LogP contribution in [0.5, 0.6) is 10.9 Å². The normalized spacial score (nSPS) is 11.8. The Labute approximate surface area is 188 Å². The number of rotatable bonds is 7. The van der Waals surface area contributed by atoms with Crippen LogP contribution in [0.4, 0.5) is 27.6 Å². The van der Waals surface area contributed by atoms with Crippen LogP contribution in [0.2, 0.25) is 0 Å². The van der Waals surface area contributed by atoms with Gasteiger partial charge in [0.1, 0.15) is 17.1 Å². The molecule has 2 N–H and O–H groups in total. The van der Waals surface area contributed by atoms with Gasteiger partial charge < -0.3 is 10.1 Å². The standard InChI is InChI=1S/C19H14F5N3O4S2/c1-33(29,30)27-16-13(20)6-10(7-14(16)21)8-25-17(28)15-9-32-18(26-15)31-12-4-2-11(3-5-12)19(22,23)24/h2-7,9,27H,8H2,1H3,(H,25,28). The van der Waals surface area contributed by atoms with Crippen molar-refractivity contribution in [3.8, 4) is 10.9 Å². The predicted octanol–water partition coefficient (Wildman–Crippen LogP) is 4.53. The van der Waals surface area contributed by atoms with Crippen LogP contribution < -0.4 is 14.8 Å². The van der Waals surface area contributed by atoms with Crippen molar-refractivity contribution in [3.63, 3.8) is 0 Å². The molecule has 3 aromatic rings. The van der Waals surface area contributed by atoms with E-state index in [0.29, 0.717) is 0 Å².